The summed E-state index contributed by atoms with van der Waals surface area (Å²) < 4.78 is 0. The Bertz CT molecular complexity index is 919. The van der Waals surface area contributed by atoms with E-state index in [9.17, 15) is 4.79 Å². The van der Waals surface area contributed by atoms with E-state index < -0.39 is 0 Å². The van der Waals surface area contributed by atoms with Crippen molar-refractivity contribution in [1.29, 1.82) is 0 Å². The van der Waals surface area contributed by atoms with E-state index in [1.807, 2.05) is 43.3 Å². The highest BCUT2D eigenvalue weighted by Crippen LogP contribution is 2.17. The second kappa shape index (κ2) is 6.76. The van der Waals surface area contributed by atoms with Crippen LogP contribution in [0.3, 0.4) is 0 Å². The summed E-state index contributed by atoms with van der Waals surface area (Å²) in [7, 11) is 0. The van der Waals surface area contributed by atoms with Crippen molar-refractivity contribution >= 4 is 28.9 Å². The smallest absolute Gasteiger partial charge is 0.256 e. The number of nitrogens with two attached hydrogens (primary N) is 1. The number of rotatable bonds is 4. The summed E-state index contributed by atoms with van der Waals surface area (Å²) in [5.74, 6) is 0.392. The van der Waals surface area contributed by atoms with Crippen molar-refractivity contribution in [1.82, 2.24) is 9.97 Å². The molecule has 3 rings (SSSR count). The molecule has 0 saturated carbocycles. The summed E-state index contributed by atoms with van der Waals surface area (Å²) in [5.41, 5.74) is 9.31. The molecular weight excluding hydrogens is 324 g/mol. The molecule has 0 atom stereocenters. The lowest BCUT2D eigenvalue weighted by Gasteiger charge is -2.10. The average molecular weight is 341 g/mol. The lowest BCUT2D eigenvalue weighted by atomic mass is 10.1. The van der Waals surface area contributed by atoms with Crippen LogP contribution in [0.4, 0.5) is 17.3 Å². The van der Waals surface area contributed by atoms with E-state index in [-0.39, 0.29) is 5.56 Å². The minimum Gasteiger partial charge on any atom is -0.399 e. The minimum atomic E-state index is -0.163. The van der Waals surface area contributed by atoms with Crippen molar-refractivity contribution in [3.8, 4) is 0 Å². The van der Waals surface area contributed by atoms with Gasteiger partial charge in [-0.05, 0) is 42.8 Å². The molecule has 0 amide bonds. The van der Waals surface area contributed by atoms with Crippen molar-refractivity contribution in [3.05, 3.63) is 80.7 Å². The number of nitrogens with zero attached hydrogens (tertiary/aromatic N) is 1. The first kappa shape index (κ1) is 16.1. The van der Waals surface area contributed by atoms with Crippen LogP contribution in [-0.2, 0) is 6.42 Å². The number of anilines is 3. The van der Waals surface area contributed by atoms with Gasteiger partial charge in [0.25, 0.3) is 5.56 Å². The summed E-state index contributed by atoms with van der Waals surface area (Å²) in [5, 5.41) is 3.73. The van der Waals surface area contributed by atoms with Gasteiger partial charge in [0.15, 0.2) is 0 Å². The van der Waals surface area contributed by atoms with Gasteiger partial charge in [-0.2, -0.15) is 0 Å². The Morgan fingerprint density at radius 3 is 2.62 bits per heavy atom. The molecule has 1 aromatic heterocycles. The number of benzene rings is 2. The molecule has 0 aliphatic heterocycles. The zero-order chi connectivity index (χ0) is 17.1. The number of aryl methyl sites for hydroxylation is 1. The van der Waals surface area contributed by atoms with Gasteiger partial charge in [-0.3, -0.25) is 9.78 Å². The quantitative estimate of drug-likeness (QED) is 0.633. The zero-order valence-electron chi connectivity index (χ0n) is 13.1. The van der Waals surface area contributed by atoms with Crippen molar-refractivity contribution in [3.63, 3.8) is 0 Å². The van der Waals surface area contributed by atoms with Crippen LogP contribution >= 0.6 is 11.6 Å². The monoisotopic (exact) mass is 340 g/mol. The second-order valence-corrected chi connectivity index (χ2v) is 5.97. The third-order valence-electron chi connectivity index (χ3n) is 3.67. The average Bonchev–Trinajstić information content (AvgIpc) is 2.53. The minimum absolute atomic E-state index is 0.163. The van der Waals surface area contributed by atoms with Crippen LogP contribution < -0.4 is 16.6 Å². The predicted molar refractivity (Wildman–Crippen MR) is 98.0 cm³/mol. The van der Waals surface area contributed by atoms with Crippen LogP contribution in [-0.4, -0.2) is 9.97 Å². The fourth-order valence-electron chi connectivity index (χ4n) is 2.44. The van der Waals surface area contributed by atoms with Crippen LogP contribution in [0.25, 0.3) is 0 Å². The Hall–Kier alpha value is -2.79. The van der Waals surface area contributed by atoms with Crippen molar-refractivity contribution in [2.45, 2.75) is 13.3 Å². The van der Waals surface area contributed by atoms with Crippen molar-refractivity contribution in [2.75, 3.05) is 11.1 Å². The number of nitrogen functional groups attached to an aromatic ring is 1. The number of halogens is 1. The van der Waals surface area contributed by atoms with Crippen LogP contribution in [0.15, 0.2) is 53.3 Å². The maximum absolute atomic E-state index is 12.4. The number of H-pyrrole nitrogens is 1. The van der Waals surface area contributed by atoms with Gasteiger partial charge in [0.1, 0.15) is 0 Å². The molecule has 6 heteroatoms. The molecule has 2 aromatic carbocycles. The summed E-state index contributed by atoms with van der Waals surface area (Å²) in [6.07, 6.45) is 0.504. The van der Waals surface area contributed by atoms with E-state index in [0.29, 0.717) is 34.3 Å². The molecule has 0 fully saturated rings. The second-order valence-electron chi connectivity index (χ2n) is 5.53. The highest BCUT2D eigenvalue weighted by molar-refractivity contribution is 6.30. The molecule has 0 bridgehead atoms. The Morgan fingerprint density at radius 2 is 1.96 bits per heavy atom. The normalized spacial score (nSPS) is 10.6. The number of aromatic amines is 1. The maximum atomic E-state index is 12.4. The Morgan fingerprint density at radius 1 is 1.21 bits per heavy atom. The predicted octanol–water partition coefficient (Wildman–Crippen LogP) is 3.65. The molecule has 122 valence electrons. The van der Waals surface area contributed by atoms with E-state index >= 15 is 0 Å². The summed E-state index contributed by atoms with van der Waals surface area (Å²) in [4.78, 5) is 19.6. The lowest BCUT2D eigenvalue weighted by molar-refractivity contribution is 0.986. The zero-order valence-corrected chi connectivity index (χ0v) is 13.9. The van der Waals surface area contributed by atoms with Gasteiger partial charge >= 0.3 is 0 Å². The van der Waals surface area contributed by atoms with Gasteiger partial charge in [-0.1, -0.05) is 29.8 Å². The highest BCUT2D eigenvalue weighted by atomic mass is 35.5. The van der Waals surface area contributed by atoms with Gasteiger partial charge in [-0.15, -0.1) is 0 Å². The molecule has 24 heavy (non-hydrogen) atoms. The number of nitrogens with one attached hydrogen (secondary N) is 2. The maximum Gasteiger partial charge on any atom is 0.256 e. The molecular formula is C18H17ClN4O. The molecule has 0 radical (unpaired) electrons. The third-order valence-corrected chi connectivity index (χ3v) is 3.92. The summed E-state index contributed by atoms with van der Waals surface area (Å²) in [6, 6.07) is 14.7. The SMILES string of the molecule is Cc1nc(Nc2cccc(N)c2)[nH]c(=O)c1Cc1ccc(Cl)cc1. The first-order valence-corrected chi connectivity index (χ1v) is 7.86. The third kappa shape index (κ3) is 3.75. The Kier molecular flexibility index (Phi) is 4.53. The van der Waals surface area contributed by atoms with Gasteiger partial charge in [0, 0.05) is 28.4 Å². The van der Waals surface area contributed by atoms with E-state index in [4.69, 9.17) is 17.3 Å². The molecule has 0 spiro atoms. The van der Waals surface area contributed by atoms with Crippen LogP contribution in [0, 0.1) is 6.92 Å². The highest BCUT2D eigenvalue weighted by Gasteiger charge is 2.09. The fourth-order valence-corrected chi connectivity index (χ4v) is 2.56. The van der Waals surface area contributed by atoms with E-state index in [0.717, 1.165) is 11.3 Å². The first-order chi connectivity index (χ1) is 11.5. The van der Waals surface area contributed by atoms with Gasteiger partial charge in [-0.25, -0.2) is 4.98 Å². The molecule has 0 saturated heterocycles. The Balaban J connectivity index is 1.85. The van der Waals surface area contributed by atoms with Gasteiger partial charge in [0.2, 0.25) is 5.95 Å². The fraction of sp³-hybridized carbons (Fsp3) is 0.111. The molecule has 0 unspecified atom stereocenters. The van der Waals surface area contributed by atoms with Gasteiger partial charge in [0.05, 0.1) is 5.69 Å². The molecule has 0 aliphatic rings. The molecule has 5 nitrogen and oxygen atoms in total. The lowest BCUT2D eigenvalue weighted by Crippen LogP contribution is -2.18. The molecule has 0 aliphatic carbocycles. The van der Waals surface area contributed by atoms with E-state index in [1.54, 1.807) is 12.1 Å². The molecule has 1 heterocycles. The van der Waals surface area contributed by atoms with Gasteiger partial charge < -0.3 is 11.1 Å². The van der Waals surface area contributed by atoms with Crippen LogP contribution in [0.2, 0.25) is 5.02 Å². The number of aromatic nitrogens is 2. The van der Waals surface area contributed by atoms with Crippen LogP contribution in [0.1, 0.15) is 16.8 Å². The van der Waals surface area contributed by atoms with Crippen LogP contribution in [0.5, 0.6) is 0 Å². The topological polar surface area (TPSA) is 83.8 Å². The number of hydrogen-bond acceptors (Lipinski definition) is 4. The first-order valence-electron chi connectivity index (χ1n) is 7.48. The molecule has 4 N–H and O–H groups in total. The van der Waals surface area contributed by atoms with Crippen molar-refractivity contribution in [2.24, 2.45) is 0 Å². The van der Waals surface area contributed by atoms with Crippen molar-refractivity contribution < 1.29 is 0 Å². The standard InChI is InChI=1S/C18H17ClN4O/c1-11-16(9-12-5-7-13(19)8-6-12)17(24)23-18(21-11)22-15-4-2-3-14(20)10-15/h2-8,10H,9,20H2,1H3,(H2,21,22,23,24). The van der Waals surface area contributed by atoms with E-state index in [1.165, 1.54) is 0 Å². The summed E-state index contributed by atoms with van der Waals surface area (Å²) in [6.45, 7) is 1.82. The van der Waals surface area contributed by atoms with E-state index in [2.05, 4.69) is 15.3 Å². The Labute approximate surface area is 144 Å². The number of hydrogen-bond donors (Lipinski definition) is 3. The molecule has 3 aromatic rings. The largest absolute Gasteiger partial charge is 0.399 e. The summed E-state index contributed by atoms with van der Waals surface area (Å²) >= 11 is 5.89.